The summed E-state index contributed by atoms with van der Waals surface area (Å²) >= 11 is 8.55. The highest BCUT2D eigenvalue weighted by molar-refractivity contribution is 8.47. The first-order valence-electron chi connectivity index (χ1n) is 9.47. The molecule has 0 heterocycles. The number of thioether (sulfide) groups is 2. The molecule has 0 N–H and O–H groups in total. The molecule has 0 bridgehead atoms. The minimum atomic E-state index is -0.585. The number of hydrogen-bond acceptors (Lipinski definition) is 5. The van der Waals surface area contributed by atoms with Crippen LogP contribution < -0.4 is 0 Å². The zero-order valence-electron chi connectivity index (χ0n) is 16.0. The van der Waals surface area contributed by atoms with Gasteiger partial charge in [-0.05, 0) is 32.9 Å². The second-order valence-corrected chi connectivity index (χ2v) is 10.5. The van der Waals surface area contributed by atoms with Gasteiger partial charge < -0.3 is 4.74 Å². The molecule has 0 fully saturated rings. The summed E-state index contributed by atoms with van der Waals surface area (Å²) in [6.45, 7) is 8.27. The van der Waals surface area contributed by atoms with Crippen LogP contribution in [0.5, 0.6) is 0 Å². The van der Waals surface area contributed by atoms with Gasteiger partial charge in [0.2, 0.25) is 0 Å². The molecule has 2 nitrogen and oxygen atoms in total. The van der Waals surface area contributed by atoms with E-state index < -0.39 is 4.75 Å². The van der Waals surface area contributed by atoms with E-state index in [1.807, 2.05) is 20.8 Å². The Morgan fingerprint density at radius 2 is 1.42 bits per heavy atom. The van der Waals surface area contributed by atoms with Crippen LogP contribution in [0.15, 0.2) is 0 Å². The Labute approximate surface area is 163 Å². The Bertz CT molecular complexity index is 344. The van der Waals surface area contributed by atoms with Gasteiger partial charge in [0.1, 0.15) is 8.28 Å². The molecule has 5 heteroatoms. The molecule has 0 aliphatic heterocycles. The fourth-order valence-electron chi connectivity index (χ4n) is 2.33. The van der Waals surface area contributed by atoms with Crippen molar-refractivity contribution in [2.24, 2.45) is 0 Å². The lowest BCUT2D eigenvalue weighted by Gasteiger charge is -2.21. The second-order valence-electron chi connectivity index (χ2n) is 6.61. The smallest absolute Gasteiger partial charge is 0.322 e. The van der Waals surface area contributed by atoms with Crippen molar-refractivity contribution in [1.82, 2.24) is 0 Å². The highest BCUT2D eigenvalue weighted by Gasteiger charge is 2.31. The molecule has 0 radical (unpaired) electrons. The summed E-state index contributed by atoms with van der Waals surface area (Å²) in [5, 5.41) is 0. The molecule has 0 aliphatic carbocycles. The third-order valence-corrected chi connectivity index (χ3v) is 6.60. The summed E-state index contributed by atoms with van der Waals surface area (Å²) in [6, 6.07) is 0. The normalized spacial score (nSPS) is 11.5. The minimum absolute atomic E-state index is 0.183. The molecular formula is C19H36O2S3. The van der Waals surface area contributed by atoms with Crippen LogP contribution in [0.2, 0.25) is 0 Å². The van der Waals surface area contributed by atoms with Gasteiger partial charge in [-0.1, -0.05) is 88.7 Å². The summed E-state index contributed by atoms with van der Waals surface area (Å²) in [5.41, 5.74) is 0. The van der Waals surface area contributed by atoms with E-state index >= 15 is 0 Å². The van der Waals surface area contributed by atoms with Crippen molar-refractivity contribution in [3.8, 4) is 0 Å². The van der Waals surface area contributed by atoms with Crippen molar-refractivity contribution in [3.05, 3.63) is 0 Å². The van der Waals surface area contributed by atoms with Gasteiger partial charge in [-0.15, -0.1) is 11.8 Å². The number of ether oxygens (including phenoxy) is 1. The number of thiocarbonyl (C=S) groups is 1. The minimum Gasteiger partial charge on any atom is -0.465 e. The Morgan fingerprint density at radius 1 is 0.917 bits per heavy atom. The van der Waals surface area contributed by atoms with Gasteiger partial charge in [-0.25, -0.2) is 0 Å². The van der Waals surface area contributed by atoms with Crippen LogP contribution in [0.1, 0.15) is 91.9 Å². The van der Waals surface area contributed by atoms with Gasteiger partial charge in [0, 0.05) is 0 Å². The number of carbonyl (C=O) groups excluding carboxylic acids is 1. The third-order valence-electron chi connectivity index (χ3n) is 3.82. The van der Waals surface area contributed by atoms with E-state index in [0.717, 1.165) is 9.28 Å². The number of hydrogen-bond donors (Lipinski definition) is 0. The molecule has 0 unspecified atom stereocenters. The van der Waals surface area contributed by atoms with Crippen molar-refractivity contribution >= 4 is 45.2 Å². The van der Waals surface area contributed by atoms with Gasteiger partial charge in [0.15, 0.2) is 0 Å². The molecule has 0 rings (SSSR count). The maximum Gasteiger partial charge on any atom is 0.322 e. The van der Waals surface area contributed by atoms with Gasteiger partial charge in [0.05, 0.1) is 6.61 Å². The summed E-state index contributed by atoms with van der Waals surface area (Å²) in [6.07, 6.45) is 13.5. The maximum atomic E-state index is 11.8. The fraction of sp³-hybridized carbons (Fsp3) is 0.895. The van der Waals surface area contributed by atoms with Crippen molar-refractivity contribution < 1.29 is 9.53 Å². The Morgan fingerprint density at radius 3 is 1.92 bits per heavy atom. The first-order valence-corrected chi connectivity index (χ1v) is 11.7. The van der Waals surface area contributed by atoms with Crippen molar-refractivity contribution in [2.75, 3.05) is 12.4 Å². The monoisotopic (exact) mass is 392 g/mol. The Kier molecular flexibility index (Phi) is 15.7. The van der Waals surface area contributed by atoms with Gasteiger partial charge in [-0.2, -0.15) is 0 Å². The van der Waals surface area contributed by atoms with Crippen LogP contribution in [0.3, 0.4) is 0 Å². The standard InChI is InChI=1S/C19H36O2S3/c1-5-7-8-9-10-11-12-13-14-15-16-23-18(22)24-19(3,4)17(20)21-6-2/h5-16H2,1-4H3. The molecule has 0 aromatic carbocycles. The molecule has 0 atom stereocenters. The predicted molar refractivity (Wildman–Crippen MR) is 115 cm³/mol. The van der Waals surface area contributed by atoms with Gasteiger partial charge in [0.25, 0.3) is 0 Å². The van der Waals surface area contributed by atoms with Crippen molar-refractivity contribution in [2.45, 2.75) is 96.7 Å². The van der Waals surface area contributed by atoms with Crippen molar-refractivity contribution in [1.29, 1.82) is 0 Å². The van der Waals surface area contributed by atoms with E-state index in [1.165, 1.54) is 76.0 Å². The molecule has 0 aromatic heterocycles. The average Bonchev–Trinajstić information content (AvgIpc) is 2.52. The van der Waals surface area contributed by atoms with E-state index in [0.29, 0.717) is 6.61 Å². The van der Waals surface area contributed by atoms with Gasteiger partial charge in [-0.3, -0.25) is 4.79 Å². The average molecular weight is 393 g/mol. The van der Waals surface area contributed by atoms with Crippen LogP contribution in [0.25, 0.3) is 0 Å². The van der Waals surface area contributed by atoms with Crippen LogP contribution in [-0.4, -0.2) is 26.6 Å². The number of esters is 1. The summed E-state index contributed by atoms with van der Waals surface area (Å²) in [7, 11) is 0. The van der Waals surface area contributed by atoms with E-state index in [9.17, 15) is 4.79 Å². The largest absolute Gasteiger partial charge is 0.465 e. The molecule has 142 valence electrons. The van der Waals surface area contributed by atoms with Crippen LogP contribution in [-0.2, 0) is 9.53 Å². The first kappa shape index (κ1) is 24.3. The molecule has 24 heavy (non-hydrogen) atoms. The summed E-state index contributed by atoms with van der Waals surface area (Å²) in [4.78, 5) is 11.8. The van der Waals surface area contributed by atoms with Crippen LogP contribution in [0, 0.1) is 0 Å². The van der Waals surface area contributed by atoms with Crippen LogP contribution in [0.4, 0.5) is 0 Å². The van der Waals surface area contributed by atoms with E-state index in [2.05, 4.69) is 6.92 Å². The Balaban J connectivity index is 3.54. The number of unbranched alkanes of at least 4 members (excludes halogenated alkanes) is 9. The maximum absolute atomic E-state index is 11.8. The Hall–Kier alpha value is 0.260. The molecule has 0 aliphatic rings. The van der Waals surface area contributed by atoms with E-state index in [-0.39, 0.29) is 5.97 Å². The van der Waals surface area contributed by atoms with Crippen molar-refractivity contribution in [3.63, 3.8) is 0 Å². The third kappa shape index (κ3) is 13.5. The highest BCUT2D eigenvalue weighted by atomic mass is 32.2. The zero-order valence-corrected chi connectivity index (χ0v) is 18.5. The first-order chi connectivity index (χ1) is 11.4. The fourth-order valence-corrected chi connectivity index (χ4v) is 5.39. The molecule has 0 saturated heterocycles. The lowest BCUT2D eigenvalue weighted by molar-refractivity contribution is -0.145. The SMILES string of the molecule is CCCCCCCCCCCCSC(=S)SC(C)(C)C(=O)OCC. The lowest BCUT2D eigenvalue weighted by atomic mass is 10.1. The lowest BCUT2D eigenvalue weighted by Crippen LogP contribution is -2.30. The topological polar surface area (TPSA) is 26.3 Å². The summed E-state index contributed by atoms with van der Waals surface area (Å²) in [5.74, 6) is 0.873. The number of carbonyl (C=O) groups is 1. The van der Waals surface area contributed by atoms with Crippen LogP contribution >= 0.6 is 35.7 Å². The van der Waals surface area contributed by atoms with Gasteiger partial charge >= 0.3 is 5.97 Å². The predicted octanol–water partition coefficient (Wildman–Crippen LogP) is 7.00. The molecule has 0 spiro atoms. The summed E-state index contributed by atoms with van der Waals surface area (Å²) < 4.78 is 5.36. The van der Waals surface area contributed by atoms with E-state index in [1.54, 1.807) is 11.8 Å². The molecule has 0 amide bonds. The highest BCUT2D eigenvalue weighted by Crippen LogP contribution is 2.32. The number of rotatable bonds is 14. The zero-order chi connectivity index (χ0) is 18.3. The molecule has 0 saturated carbocycles. The molecular weight excluding hydrogens is 356 g/mol. The quantitative estimate of drug-likeness (QED) is 0.180. The van der Waals surface area contributed by atoms with E-state index in [4.69, 9.17) is 17.0 Å². The second kappa shape index (κ2) is 15.5. The molecule has 0 aromatic rings.